The summed E-state index contributed by atoms with van der Waals surface area (Å²) in [4.78, 5) is 16.2. The maximum Gasteiger partial charge on any atom is 0.276 e. The molecule has 0 saturated carbocycles. The van der Waals surface area contributed by atoms with Crippen molar-refractivity contribution >= 4 is 5.91 Å². The largest absolute Gasteiger partial charge is 0.276 e. The topological polar surface area (TPSA) is 29.5 Å². The van der Waals surface area contributed by atoms with Crippen LogP contribution in [0.2, 0.25) is 0 Å². The standard InChI is InChI=1S/C10H15NO2/c1-5-7-8-9(6-2)10(12)11(3)13-4/h5-8H,1H2,2-4H3. The van der Waals surface area contributed by atoms with E-state index in [-0.39, 0.29) is 5.91 Å². The van der Waals surface area contributed by atoms with Gasteiger partial charge in [0.2, 0.25) is 0 Å². The van der Waals surface area contributed by atoms with Crippen molar-refractivity contribution in [2.24, 2.45) is 0 Å². The predicted molar refractivity (Wildman–Crippen MR) is 52.9 cm³/mol. The first-order chi connectivity index (χ1) is 6.17. The lowest BCUT2D eigenvalue weighted by molar-refractivity contribution is -0.163. The van der Waals surface area contributed by atoms with Gasteiger partial charge in [-0.05, 0) is 13.0 Å². The van der Waals surface area contributed by atoms with Crippen molar-refractivity contribution in [2.75, 3.05) is 14.2 Å². The maximum absolute atomic E-state index is 11.5. The molecule has 0 fully saturated rings. The van der Waals surface area contributed by atoms with Gasteiger partial charge < -0.3 is 0 Å². The number of hydrogen-bond acceptors (Lipinski definition) is 2. The quantitative estimate of drug-likeness (QED) is 0.375. The number of allylic oxidation sites excluding steroid dienone is 3. The first-order valence-electron chi connectivity index (χ1n) is 3.95. The van der Waals surface area contributed by atoms with Gasteiger partial charge in [-0.15, -0.1) is 0 Å². The number of amides is 1. The van der Waals surface area contributed by atoms with E-state index in [1.165, 1.54) is 12.2 Å². The Balaban J connectivity index is 4.51. The van der Waals surface area contributed by atoms with Crippen molar-refractivity contribution in [3.05, 3.63) is 36.5 Å². The van der Waals surface area contributed by atoms with Crippen LogP contribution in [0, 0.1) is 0 Å². The molecule has 0 aromatic carbocycles. The molecular formula is C10H15NO2. The summed E-state index contributed by atoms with van der Waals surface area (Å²) in [6, 6.07) is 0. The minimum Gasteiger partial charge on any atom is -0.274 e. The van der Waals surface area contributed by atoms with Crippen molar-refractivity contribution < 1.29 is 9.63 Å². The third-order valence-corrected chi connectivity index (χ3v) is 1.53. The first-order valence-corrected chi connectivity index (χ1v) is 3.95. The fraction of sp³-hybridized carbons (Fsp3) is 0.300. The number of carbonyl (C=O) groups is 1. The second-order valence-electron chi connectivity index (χ2n) is 2.32. The Hall–Kier alpha value is -1.35. The molecule has 3 heteroatoms. The Labute approximate surface area is 78.9 Å². The molecule has 0 N–H and O–H groups in total. The summed E-state index contributed by atoms with van der Waals surface area (Å²) >= 11 is 0. The Morgan fingerprint density at radius 2 is 2.15 bits per heavy atom. The summed E-state index contributed by atoms with van der Waals surface area (Å²) in [5, 5.41) is 1.17. The van der Waals surface area contributed by atoms with Crippen LogP contribution in [-0.2, 0) is 9.63 Å². The van der Waals surface area contributed by atoms with E-state index in [0.29, 0.717) is 5.57 Å². The maximum atomic E-state index is 11.5. The Bertz CT molecular complexity index is 241. The molecule has 0 atom stereocenters. The SMILES string of the molecule is C=CC=CC(=CC)C(=O)N(C)OC. The molecular weight excluding hydrogens is 166 g/mol. The van der Waals surface area contributed by atoms with Crippen LogP contribution in [0.4, 0.5) is 0 Å². The molecule has 0 heterocycles. The average Bonchev–Trinajstić information content (AvgIpc) is 2.17. The van der Waals surface area contributed by atoms with Crippen molar-refractivity contribution in [3.8, 4) is 0 Å². The van der Waals surface area contributed by atoms with E-state index in [4.69, 9.17) is 4.84 Å². The van der Waals surface area contributed by atoms with Gasteiger partial charge in [0.15, 0.2) is 0 Å². The van der Waals surface area contributed by atoms with Gasteiger partial charge in [-0.2, -0.15) is 0 Å². The van der Waals surface area contributed by atoms with Crippen molar-refractivity contribution in [1.82, 2.24) is 5.06 Å². The molecule has 1 amide bonds. The van der Waals surface area contributed by atoms with Crippen molar-refractivity contribution in [2.45, 2.75) is 6.92 Å². The zero-order chi connectivity index (χ0) is 10.3. The highest BCUT2D eigenvalue weighted by Gasteiger charge is 2.10. The van der Waals surface area contributed by atoms with E-state index in [2.05, 4.69) is 6.58 Å². The molecule has 0 spiro atoms. The van der Waals surface area contributed by atoms with Crippen LogP contribution in [0.25, 0.3) is 0 Å². The summed E-state index contributed by atoms with van der Waals surface area (Å²) in [6.07, 6.45) is 6.73. The number of nitrogens with zero attached hydrogens (tertiary/aromatic N) is 1. The van der Waals surface area contributed by atoms with Crippen molar-refractivity contribution in [1.29, 1.82) is 0 Å². The number of carbonyl (C=O) groups excluding carboxylic acids is 1. The molecule has 0 aliphatic heterocycles. The molecule has 0 radical (unpaired) electrons. The second-order valence-corrected chi connectivity index (χ2v) is 2.32. The van der Waals surface area contributed by atoms with E-state index in [1.807, 2.05) is 0 Å². The van der Waals surface area contributed by atoms with Gasteiger partial charge in [0.1, 0.15) is 0 Å². The van der Waals surface area contributed by atoms with Gasteiger partial charge in [0, 0.05) is 12.6 Å². The highest BCUT2D eigenvalue weighted by molar-refractivity contribution is 5.95. The lowest BCUT2D eigenvalue weighted by Gasteiger charge is -2.13. The Morgan fingerprint density at radius 3 is 2.54 bits per heavy atom. The van der Waals surface area contributed by atoms with E-state index in [9.17, 15) is 4.79 Å². The van der Waals surface area contributed by atoms with E-state index in [0.717, 1.165) is 0 Å². The predicted octanol–water partition coefficient (Wildman–Crippen LogP) is 1.69. The molecule has 0 unspecified atom stereocenters. The van der Waals surface area contributed by atoms with Crippen LogP contribution >= 0.6 is 0 Å². The van der Waals surface area contributed by atoms with Gasteiger partial charge in [0.05, 0.1) is 7.11 Å². The van der Waals surface area contributed by atoms with E-state index >= 15 is 0 Å². The summed E-state index contributed by atoms with van der Waals surface area (Å²) in [6.45, 7) is 5.32. The zero-order valence-corrected chi connectivity index (χ0v) is 8.28. The molecule has 0 saturated heterocycles. The number of hydrogen-bond donors (Lipinski definition) is 0. The lowest BCUT2D eigenvalue weighted by atomic mass is 10.2. The minimum atomic E-state index is -0.178. The van der Waals surface area contributed by atoms with E-state index in [1.54, 1.807) is 38.3 Å². The number of rotatable bonds is 4. The highest BCUT2D eigenvalue weighted by Crippen LogP contribution is 2.02. The fourth-order valence-electron chi connectivity index (χ4n) is 0.727. The third kappa shape index (κ3) is 3.71. The van der Waals surface area contributed by atoms with Gasteiger partial charge in [-0.3, -0.25) is 9.63 Å². The van der Waals surface area contributed by atoms with Crippen LogP contribution in [0.5, 0.6) is 0 Å². The number of likely N-dealkylation sites (N-methyl/N-ethyl adjacent to an activating group) is 1. The first kappa shape index (κ1) is 11.6. The molecule has 0 bridgehead atoms. The molecule has 0 aliphatic carbocycles. The van der Waals surface area contributed by atoms with Crippen LogP contribution in [0.15, 0.2) is 36.5 Å². The highest BCUT2D eigenvalue weighted by atomic mass is 16.7. The summed E-state index contributed by atoms with van der Waals surface area (Å²) in [5.41, 5.74) is 0.573. The van der Waals surface area contributed by atoms with Gasteiger partial charge >= 0.3 is 0 Å². The summed E-state index contributed by atoms with van der Waals surface area (Å²) in [5.74, 6) is -0.178. The van der Waals surface area contributed by atoms with Gasteiger partial charge in [0.25, 0.3) is 5.91 Å². The normalized spacial score (nSPS) is 11.8. The average molecular weight is 181 g/mol. The Morgan fingerprint density at radius 1 is 1.54 bits per heavy atom. The van der Waals surface area contributed by atoms with Crippen LogP contribution in [0.3, 0.4) is 0 Å². The molecule has 0 rings (SSSR count). The van der Waals surface area contributed by atoms with Crippen LogP contribution < -0.4 is 0 Å². The van der Waals surface area contributed by atoms with Crippen LogP contribution in [-0.4, -0.2) is 25.1 Å². The molecule has 0 aliphatic rings. The van der Waals surface area contributed by atoms with Gasteiger partial charge in [-0.25, -0.2) is 5.06 Å². The molecule has 0 aromatic heterocycles. The lowest BCUT2D eigenvalue weighted by Crippen LogP contribution is -2.26. The number of hydroxylamine groups is 2. The molecule has 72 valence electrons. The van der Waals surface area contributed by atoms with E-state index < -0.39 is 0 Å². The van der Waals surface area contributed by atoms with Gasteiger partial charge in [-0.1, -0.05) is 24.8 Å². The molecule has 13 heavy (non-hydrogen) atoms. The molecule has 3 nitrogen and oxygen atoms in total. The smallest absolute Gasteiger partial charge is 0.274 e. The monoisotopic (exact) mass is 181 g/mol. The Kier molecular flexibility index (Phi) is 5.55. The minimum absolute atomic E-state index is 0.178. The summed E-state index contributed by atoms with van der Waals surface area (Å²) < 4.78 is 0. The fourth-order valence-corrected chi connectivity index (χ4v) is 0.727. The zero-order valence-electron chi connectivity index (χ0n) is 8.28. The summed E-state index contributed by atoms with van der Waals surface area (Å²) in [7, 11) is 3.01. The van der Waals surface area contributed by atoms with Crippen LogP contribution in [0.1, 0.15) is 6.92 Å². The molecule has 0 aromatic rings. The third-order valence-electron chi connectivity index (χ3n) is 1.53. The second kappa shape index (κ2) is 6.20. The van der Waals surface area contributed by atoms with Crippen molar-refractivity contribution in [3.63, 3.8) is 0 Å².